The number of rotatable bonds is 6. The minimum atomic E-state index is -0.994. The summed E-state index contributed by atoms with van der Waals surface area (Å²) in [4.78, 5) is 36.7. The lowest BCUT2D eigenvalue weighted by Crippen LogP contribution is -2.41. The van der Waals surface area contributed by atoms with Gasteiger partial charge in [-0.3, -0.25) is 9.69 Å². The third-order valence-corrected chi connectivity index (χ3v) is 3.76. The lowest BCUT2D eigenvalue weighted by atomic mass is 10.1. The van der Waals surface area contributed by atoms with Crippen LogP contribution in [0.3, 0.4) is 0 Å². The van der Waals surface area contributed by atoms with Gasteiger partial charge < -0.3 is 10.1 Å². The molecule has 23 heavy (non-hydrogen) atoms. The molecule has 0 saturated carbocycles. The summed E-state index contributed by atoms with van der Waals surface area (Å²) in [5.41, 5.74) is 1.57. The fourth-order valence-electron chi connectivity index (χ4n) is 2.37. The lowest BCUT2D eigenvalue weighted by molar-refractivity contribution is -0.136. The Bertz CT molecular complexity index is 583. The van der Waals surface area contributed by atoms with Crippen LogP contribution in [0.5, 0.6) is 0 Å². The number of hydrogen-bond acceptors (Lipinski definition) is 4. The average Bonchev–Trinajstić information content (AvgIpc) is 2.98. The number of amides is 3. The number of ether oxygens (including phenoxy) is 1. The molecule has 0 radical (unpaired) electrons. The molecule has 1 aromatic rings. The van der Waals surface area contributed by atoms with Gasteiger partial charge in [0.2, 0.25) is 0 Å². The van der Waals surface area contributed by atoms with Crippen molar-refractivity contribution in [3.05, 3.63) is 35.4 Å². The van der Waals surface area contributed by atoms with E-state index in [-0.39, 0.29) is 0 Å². The van der Waals surface area contributed by atoms with Crippen molar-refractivity contribution >= 4 is 17.9 Å². The van der Waals surface area contributed by atoms with Crippen LogP contribution in [0.1, 0.15) is 42.6 Å². The number of nitrogens with zero attached hydrogens (tertiary/aromatic N) is 1. The van der Waals surface area contributed by atoms with Gasteiger partial charge in [0.25, 0.3) is 5.91 Å². The van der Waals surface area contributed by atoms with E-state index in [1.54, 1.807) is 12.1 Å². The maximum absolute atomic E-state index is 12.1. The van der Waals surface area contributed by atoms with Gasteiger partial charge in [-0.2, -0.15) is 0 Å². The van der Waals surface area contributed by atoms with Crippen LogP contribution in [0.15, 0.2) is 24.3 Å². The maximum atomic E-state index is 12.1. The van der Waals surface area contributed by atoms with Gasteiger partial charge in [-0.05, 0) is 37.5 Å². The fraction of sp³-hybridized carbons (Fsp3) is 0.471. The zero-order valence-electron chi connectivity index (χ0n) is 13.5. The molecular weight excluding hydrogens is 296 g/mol. The smallest absolute Gasteiger partial charge is 0.338 e. The van der Waals surface area contributed by atoms with Gasteiger partial charge in [-0.25, -0.2) is 9.59 Å². The van der Waals surface area contributed by atoms with Crippen molar-refractivity contribution in [1.29, 1.82) is 0 Å². The highest BCUT2D eigenvalue weighted by atomic mass is 16.5. The van der Waals surface area contributed by atoms with E-state index in [0.717, 1.165) is 24.2 Å². The second-order valence-electron chi connectivity index (χ2n) is 5.57. The fourth-order valence-corrected chi connectivity index (χ4v) is 2.37. The molecule has 3 amide bonds. The van der Waals surface area contributed by atoms with Crippen LogP contribution in [0, 0.1) is 0 Å². The Kier molecular flexibility index (Phi) is 5.73. The van der Waals surface area contributed by atoms with Crippen molar-refractivity contribution < 1.29 is 19.1 Å². The molecule has 124 valence electrons. The highest BCUT2D eigenvalue weighted by Crippen LogP contribution is 2.11. The number of unbranched alkanes of at least 4 members (excludes halogenated alkanes) is 1. The molecule has 1 aliphatic rings. The molecule has 1 unspecified atom stereocenters. The molecule has 6 heteroatoms. The average molecular weight is 318 g/mol. The van der Waals surface area contributed by atoms with Crippen molar-refractivity contribution in [1.82, 2.24) is 10.2 Å². The zero-order chi connectivity index (χ0) is 16.8. The Morgan fingerprint density at radius 3 is 2.57 bits per heavy atom. The first-order valence-corrected chi connectivity index (χ1v) is 7.92. The normalized spacial score (nSPS) is 15.2. The monoisotopic (exact) mass is 318 g/mol. The number of imide groups is 1. The van der Waals surface area contributed by atoms with E-state index >= 15 is 0 Å². The van der Waals surface area contributed by atoms with Crippen LogP contribution in [0.4, 0.5) is 4.79 Å². The number of benzene rings is 1. The Labute approximate surface area is 135 Å². The van der Waals surface area contributed by atoms with Gasteiger partial charge in [0, 0.05) is 13.1 Å². The SMILES string of the molecule is CCCCc1ccc(C(=O)OC(C)C(=O)N2CCNC2=O)cc1. The number of carbonyl (C=O) groups is 3. The molecule has 2 rings (SSSR count). The molecule has 1 aromatic carbocycles. The van der Waals surface area contributed by atoms with Crippen LogP contribution in [0.25, 0.3) is 0 Å². The van der Waals surface area contributed by atoms with E-state index in [1.807, 2.05) is 12.1 Å². The molecule has 1 fully saturated rings. The van der Waals surface area contributed by atoms with Gasteiger partial charge in [-0.1, -0.05) is 25.5 Å². The van der Waals surface area contributed by atoms with Crippen LogP contribution in [-0.2, 0) is 16.0 Å². The van der Waals surface area contributed by atoms with Crippen LogP contribution in [0.2, 0.25) is 0 Å². The molecule has 0 aliphatic carbocycles. The summed E-state index contributed by atoms with van der Waals surface area (Å²) in [5.74, 6) is -1.07. The third kappa shape index (κ3) is 4.31. The van der Waals surface area contributed by atoms with Crippen molar-refractivity contribution in [2.45, 2.75) is 39.2 Å². The van der Waals surface area contributed by atoms with E-state index in [1.165, 1.54) is 12.5 Å². The lowest BCUT2D eigenvalue weighted by Gasteiger charge is -2.18. The Morgan fingerprint density at radius 2 is 2.00 bits per heavy atom. The van der Waals surface area contributed by atoms with Gasteiger partial charge in [-0.15, -0.1) is 0 Å². The predicted molar refractivity (Wildman–Crippen MR) is 85.0 cm³/mol. The summed E-state index contributed by atoms with van der Waals surface area (Å²) in [6, 6.07) is 6.75. The van der Waals surface area contributed by atoms with E-state index in [4.69, 9.17) is 4.74 Å². The molecule has 6 nitrogen and oxygen atoms in total. The second-order valence-corrected chi connectivity index (χ2v) is 5.57. The van der Waals surface area contributed by atoms with Crippen molar-refractivity contribution in [3.8, 4) is 0 Å². The minimum absolute atomic E-state index is 0.297. The molecular formula is C17H22N2O4. The van der Waals surface area contributed by atoms with Crippen molar-refractivity contribution in [3.63, 3.8) is 0 Å². The Morgan fingerprint density at radius 1 is 1.30 bits per heavy atom. The van der Waals surface area contributed by atoms with Crippen molar-refractivity contribution in [2.24, 2.45) is 0 Å². The number of hydrogen-bond donors (Lipinski definition) is 1. The molecule has 0 spiro atoms. The minimum Gasteiger partial charge on any atom is -0.449 e. The van der Waals surface area contributed by atoms with E-state index in [0.29, 0.717) is 18.7 Å². The second kappa shape index (κ2) is 7.76. The summed E-state index contributed by atoms with van der Waals surface area (Å²) < 4.78 is 5.17. The number of urea groups is 1. The van der Waals surface area contributed by atoms with Crippen molar-refractivity contribution in [2.75, 3.05) is 13.1 Å². The summed E-state index contributed by atoms with van der Waals surface area (Å²) in [6.45, 7) is 4.32. The quantitative estimate of drug-likeness (QED) is 0.815. The van der Waals surface area contributed by atoms with Gasteiger partial charge >= 0.3 is 12.0 Å². The van der Waals surface area contributed by atoms with Gasteiger partial charge in [0.1, 0.15) is 0 Å². The zero-order valence-corrected chi connectivity index (χ0v) is 13.5. The van der Waals surface area contributed by atoms with Crippen LogP contribution in [-0.4, -0.2) is 42.0 Å². The summed E-state index contributed by atoms with van der Waals surface area (Å²) in [7, 11) is 0. The molecule has 1 atom stereocenters. The Hall–Kier alpha value is -2.37. The summed E-state index contributed by atoms with van der Waals surface area (Å²) in [5, 5.41) is 2.54. The summed E-state index contributed by atoms with van der Waals surface area (Å²) in [6.07, 6.45) is 2.21. The molecule has 0 bridgehead atoms. The first kappa shape index (κ1) is 17.0. The van der Waals surface area contributed by atoms with Crippen LogP contribution < -0.4 is 5.32 Å². The number of nitrogens with one attached hydrogen (secondary N) is 1. The first-order chi connectivity index (χ1) is 11.0. The molecule has 0 aromatic heterocycles. The van der Waals surface area contributed by atoms with Crippen LogP contribution >= 0.6 is 0 Å². The maximum Gasteiger partial charge on any atom is 0.338 e. The summed E-state index contributed by atoms with van der Waals surface area (Å²) >= 11 is 0. The third-order valence-electron chi connectivity index (χ3n) is 3.76. The number of carbonyl (C=O) groups excluding carboxylic acids is 3. The van der Waals surface area contributed by atoms with E-state index < -0.39 is 24.0 Å². The first-order valence-electron chi connectivity index (χ1n) is 7.92. The Balaban J connectivity index is 1.92. The molecule has 1 saturated heterocycles. The standard InChI is InChI=1S/C17H22N2O4/c1-3-4-5-13-6-8-14(9-7-13)16(21)23-12(2)15(20)19-11-10-18-17(19)22/h6-9,12H,3-5,10-11H2,1-2H3,(H,18,22). The number of esters is 1. The van der Waals surface area contributed by atoms with E-state index in [2.05, 4.69) is 12.2 Å². The van der Waals surface area contributed by atoms with E-state index in [9.17, 15) is 14.4 Å². The molecule has 1 aliphatic heterocycles. The highest BCUT2D eigenvalue weighted by molar-refractivity contribution is 5.99. The highest BCUT2D eigenvalue weighted by Gasteiger charge is 2.31. The predicted octanol–water partition coefficient (Wildman–Crippen LogP) is 2.13. The van der Waals surface area contributed by atoms with Gasteiger partial charge in [0.05, 0.1) is 5.56 Å². The number of aryl methyl sites for hydroxylation is 1. The molecule has 1 heterocycles. The largest absolute Gasteiger partial charge is 0.449 e. The molecule has 1 N–H and O–H groups in total. The topological polar surface area (TPSA) is 75.7 Å². The van der Waals surface area contributed by atoms with Gasteiger partial charge in [0.15, 0.2) is 6.10 Å².